The minimum atomic E-state index is -0.178. The highest BCUT2D eigenvalue weighted by Gasteiger charge is 2.43. The van der Waals surface area contributed by atoms with Gasteiger partial charge >= 0.3 is 5.97 Å². The molecule has 1 fully saturated rings. The number of ether oxygens (including phenoxy) is 2. The lowest BCUT2D eigenvalue weighted by Crippen LogP contribution is -2.47. The van der Waals surface area contributed by atoms with Crippen LogP contribution in [0.25, 0.3) is 0 Å². The highest BCUT2D eigenvalue weighted by Crippen LogP contribution is 2.41. The average molecular weight is 291 g/mol. The maximum atomic E-state index is 11.3. The number of carbonyl (C=O) groups excluding carboxylic acids is 1. The van der Waals surface area contributed by atoms with Crippen LogP contribution in [0.15, 0.2) is 15.9 Å². The molecule has 0 bridgehead atoms. The zero-order chi connectivity index (χ0) is 10.9. The Hall–Kier alpha value is -0.390. The summed E-state index contributed by atoms with van der Waals surface area (Å²) in [6.07, 6.45) is 0.399. The lowest BCUT2D eigenvalue weighted by atomic mass is 9.81. The second kappa shape index (κ2) is 4.23. The van der Waals surface area contributed by atoms with Crippen molar-refractivity contribution in [1.82, 2.24) is 0 Å². The Morgan fingerprint density at radius 3 is 2.80 bits per heavy atom. The molecule has 1 aromatic rings. The third-order valence-electron chi connectivity index (χ3n) is 2.56. The molecular formula is C10H11BrO3S. The lowest BCUT2D eigenvalue weighted by molar-refractivity contribution is -0.148. The fraction of sp³-hybridized carbons (Fsp3) is 0.500. The molecule has 0 aromatic carbocycles. The molecule has 1 aliphatic heterocycles. The predicted molar refractivity (Wildman–Crippen MR) is 61.1 cm³/mol. The van der Waals surface area contributed by atoms with Gasteiger partial charge in [-0.3, -0.25) is 4.79 Å². The molecule has 1 saturated heterocycles. The number of halogens is 1. The zero-order valence-electron chi connectivity index (χ0n) is 8.29. The molecule has 3 nitrogen and oxygen atoms in total. The summed E-state index contributed by atoms with van der Waals surface area (Å²) >= 11 is 5.07. The molecule has 2 rings (SSSR count). The molecule has 82 valence electrons. The molecule has 0 saturated carbocycles. The second-order valence-electron chi connectivity index (χ2n) is 3.63. The number of esters is 1. The molecule has 0 amide bonds. The van der Waals surface area contributed by atoms with Crippen LogP contribution >= 0.6 is 27.3 Å². The summed E-state index contributed by atoms with van der Waals surface area (Å²) in [4.78, 5) is 12.5. The van der Waals surface area contributed by atoms with Crippen molar-refractivity contribution in [2.45, 2.75) is 11.8 Å². The van der Waals surface area contributed by atoms with Gasteiger partial charge in [0.05, 0.1) is 35.9 Å². The molecule has 2 heterocycles. The van der Waals surface area contributed by atoms with Gasteiger partial charge < -0.3 is 9.47 Å². The topological polar surface area (TPSA) is 35.5 Å². The van der Waals surface area contributed by atoms with Gasteiger partial charge in [0.15, 0.2) is 0 Å². The van der Waals surface area contributed by atoms with Crippen LogP contribution < -0.4 is 0 Å². The van der Waals surface area contributed by atoms with Crippen molar-refractivity contribution in [3.63, 3.8) is 0 Å². The van der Waals surface area contributed by atoms with Crippen LogP contribution in [0, 0.1) is 0 Å². The predicted octanol–water partition coefficient (Wildman–Crippen LogP) is 2.34. The summed E-state index contributed by atoms with van der Waals surface area (Å²) in [5.41, 5.74) is -0.149. The minimum Gasteiger partial charge on any atom is -0.469 e. The molecular weight excluding hydrogens is 280 g/mol. The van der Waals surface area contributed by atoms with Gasteiger partial charge in [0.2, 0.25) is 0 Å². The van der Waals surface area contributed by atoms with E-state index in [0.29, 0.717) is 19.6 Å². The van der Waals surface area contributed by atoms with E-state index in [1.165, 1.54) is 12.0 Å². The zero-order valence-corrected chi connectivity index (χ0v) is 10.7. The third kappa shape index (κ3) is 2.09. The van der Waals surface area contributed by atoms with Gasteiger partial charge in [-0.1, -0.05) is 0 Å². The Bertz CT molecular complexity index is 370. The molecule has 0 N–H and O–H groups in total. The first-order chi connectivity index (χ1) is 7.16. The smallest absolute Gasteiger partial charge is 0.306 e. The molecule has 0 atom stereocenters. The summed E-state index contributed by atoms with van der Waals surface area (Å²) in [6, 6.07) is 4.04. The Labute approximate surface area is 101 Å². The Morgan fingerprint density at radius 1 is 1.67 bits per heavy atom. The summed E-state index contributed by atoms with van der Waals surface area (Å²) in [7, 11) is 1.42. The van der Waals surface area contributed by atoms with E-state index in [0.717, 1.165) is 3.79 Å². The summed E-state index contributed by atoms with van der Waals surface area (Å²) in [5, 5.41) is 0. The molecule has 15 heavy (non-hydrogen) atoms. The highest BCUT2D eigenvalue weighted by molar-refractivity contribution is 9.11. The van der Waals surface area contributed by atoms with Crippen molar-refractivity contribution < 1.29 is 14.3 Å². The van der Waals surface area contributed by atoms with E-state index in [1.807, 2.05) is 12.1 Å². The molecule has 0 spiro atoms. The number of methoxy groups -OCH3 is 1. The van der Waals surface area contributed by atoms with Gasteiger partial charge in [0.25, 0.3) is 0 Å². The van der Waals surface area contributed by atoms with E-state index in [4.69, 9.17) is 9.47 Å². The largest absolute Gasteiger partial charge is 0.469 e. The minimum absolute atomic E-state index is 0.149. The van der Waals surface area contributed by atoms with Gasteiger partial charge in [-0.25, -0.2) is 0 Å². The fourth-order valence-corrected chi connectivity index (χ4v) is 3.17. The maximum absolute atomic E-state index is 11.3. The van der Waals surface area contributed by atoms with E-state index in [9.17, 15) is 4.79 Å². The first kappa shape index (κ1) is 11.1. The van der Waals surface area contributed by atoms with Crippen molar-refractivity contribution in [1.29, 1.82) is 0 Å². The normalized spacial score (nSPS) is 18.3. The summed E-state index contributed by atoms with van der Waals surface area (Å²) in [6.45, 7) is 1.21. The number of hydrogen-bond acceptors (Lipinski definition) is 4. The molecule has 5 heteroatoms. The van der Waals surface area contributed by atoms with Gasteiger partial charge in [-0.15, -0.1) is 11.3 Å². The van der Waals surface area contributed by atoms with Crippen molar-refractivity contribution in [3.8, 4) is 0 Å². The van der Waals surface area contributed by atoms with Crippen LogP contribution in [0.2, 0.25) is 0 Å². The van der Waals surface area contributed by atoms with E-state index >= 15 is 0 Å². The van der Waals surface area contributed by atoms with Gasteiger partial charge in [-0.05, 0) is 28.1 Å². The highest BCUT2D eigenvalue weighted by atomic mass is 79.9. The van der Waals surface area contributed by atoms with Crippen LogP contribution in [0.4, 0.5) is 0 Å². The third-order valence-corrected chi connectivity index (χ3v) is 4.43. The molecule has 1 aromatic heterocycles. The first-order valence-corrected chi connectivity index (χ1v) is 6.18. The quantitative estimate of drug-likeness (QED) is 0.802. The van der Waals surface area contributed by atoms with E-state index in [-0.39, 0.29) is 11.4 Å². The van der Waals surface area contributed by atoms with E-state index < -0.39 is 0 Å². The van der Waals surface area contributed by atoms with Crippen molar-refractivity contribution in [3.05, 3.63) is 20.8 Å². The summed E-state index contributed by atoms with van der Waals surface area (Å²) < 4.78 is 11.0. The Morgan fingerprint density at radius 2 is 2.40 bits per heavy atom. The van der Waals surface area contributed by atoms with Crippen molar-refractivity contribution in [2.75, 3.05) is 20.3 Å². The number of rotatable bonds is 3. The molecule has 0 radical (unpaired) electrons. The van der Waals surface area contributed by atoms with Crippen molar-refractivity contribution in [2.24, 2.45) is 0 Å². The SMILES string of the molecule is COC(=O)CC1(c2ccc(Br)s2)COC1. The van der Waals surface area contributed by atoms with Crippen LogP contribution in [0.1, 0.15) is 11.3 Å². The Kier molecular flexibility index (Phi) is 3.13. The van der Waals surface area contributed by atoms with Crippen LogP contribution in [-0.2, 0) is 19.7 Å². The van der Waals surface area contributed by atoms with Crippen LogP contribution in [0.5, 0.6) is 0 Å². The second-order valence-corrected chi connectivity index (χ2v) is 6.09. The van der Waals surface area contributed by atoms with Gasteiger partial charge in [-0.2, -0.15) is 0 Å². The number of hydrogen-bond donors (Lipinski definition) is 0. The fourth-order valence-electron chi connectivity index (χ4n) is 1.63. The number of thiophene rings is 1. The average Bonchev–Trinajstić information content (AvgIpc) is 2.58. The number of carbonyl (C=O) groups is 1. The van der Waals surface area contributed by atoms with Gasteiger partial charge in [0.1, 0.15) is 0 Å². The Balaban J connectivity index is 2.18. The maximum Gasteiger partial charge on any atom is 0.306 e. The molecule has 1 aliphatic rings. The lowest BCUT2D eigenvalue weighted by Gasteiger charge is -2.39. The monoisotopic (exact) mass is 290 g/mol. The van der Waals surface area contributed by atoms with E-state index in [2.05, 4.69) is 15.9 Å². The summed E-state index contributed by atoms with van der Waals surface area (Å²) in [5.74, 6) is -0.178. The molecule has 0 aliphatic carbocycles. The molecule has 0 unspecified atom stereocenters. The first-order valence-electron chi connectivity index (χ1n) is 4.57. The van der Waals surface area contributed by atoms with Gasteiger partial charge in [0, 0.05) is 4.88 Å². The van der Waals surface area contributed by atoms with Crippen LogP contribution in [-0.4, -0.2) is 26.3 Å². The van der Waals surface area contributed by atoms with Crippen molar-refractivity contribution >= 4 is 33.2 Å². The van der Waals surface area contributed by atoms with E-state index in [1.54, 1.807) is 11.3 Å². The standard InChI is InChI=1S/C10H11BrO3S/c1-13-9(12)4-10(5-14-6-10)7-2-3-8(11)15-7/h2-3H,4-6H2,1H3. The van der Waals surface area contributed by atoms with Crippen LogP contribution in [0.3, 0.4) is 0 Å².